The van der Waals surface area contributed by atoms with E-state index in [2.05, 4.69) is 47.7 Å². The van der Waals surface area contributed by atoms with Gasteiger partial charge in [-0.3, -0.25) is 4.99 Å². The van der Waals surface area contributed by atoms with Gasteiger partial charge in [0.15, 0.2) is 5.96 Å². The van der Waals surface area contributed by atoms with Gasteiger partial charge in [0.25, 0.3) is 0 Å². The lowest BCUT2D eigenvalue weighted by molar-refractivity contribution is 0.353. The van der Waals surface area contributed by atoms with Crippen molar-refractivity contribution in [1.82, 2.24) is 15.1 Å². The minimum absolute atomic E-state index is 0.933. The number of unbranched alkanes of at least 4 members (excludes halogenated alkanes) is 1. The van der Waals surface area contributed by atoms with Crippen LogP contribution in [0, 0.1) is 0 Å². The Kier molecular flexibility index (Phi) is 9.53. The van der Waals surface area contributed by atoms with Crippen LogP contribution in [0.3, 0.4) is 0 Å². The number of aliphatic imine (C=N–C) groups is 1. The normalized spacial score (nSPS) is 11.7. The first-order valence-corrected chi connectivity index (χ1v) is 6.36. The van der Waals surface area contributed by atoms with Gasteiger partial charge in [-0.2, -0.15) is 0 Å². The van der Waals surface area contributed by atoms with Gasteiger partial charge >= 0.3 is 0 Å². The van der Waals surface area contributed by atoms with Crippen molar-refractivity contribution < 1.29 is 0 Å². The van der Waals surface area contributed by atoms with E-state index in [1.165, 1.54) is 0 Å². The summed E-state index contributed by atoms with van der Waals surface area (Å²) in [7, 11) is 6.02. The van der Waals surface area contributed by atoms with Gasteiger partial charge in [-0.05, 0) is 26.4 Å². The van der Waals surface area contributed by atoms with Crippen LogP contribution in [0.5, 0.6) is 0 Å². The molecule has 0 heterocycles. The zero-order valence-corrected chi connectivity index (χ0v) is 11.9. The fraction of sp³-hybridized carbons (Fsp3) is 0.769. The second-order valence-electron chi connectivity index (χ2n) is 4.22. The molecule has 1 N–H and O–H groups in total. The predicted octanol–water partition coefficient (Wildman–Crippen LogP) is 1.41. The summed E-state index contributed by atoms with van der Waals surface area (Å²) in [6.07, 6.45) is 4.13. The predicted molar refractivity (Wildman–Crippen MR) is 76.6 cm³/mol. The van der Waals surface area contributed by atoms with Crippen molar-refractivity contribution in [3.63, 3.8) is 0 Å². The summed E-state index contributed by atoms with van der Waals surface area (Å²) < 4.78 is 0. The van der Waals surface area contributed by atoms with Gasteiger partial charge in [-0.1, -0.05) is 13.0 Å². The summed E-state index contributed by atoms with van der Waals surface area (Å²) in [5.74, 6) is 0.971. The van der Waals surface area contributed by atoms with Crippen LogP contribution in [0.15, 0.2) is 17.6 Å². The first kappa shape index (κ1) is 16.0. The zero-order valence-electron chi connectivity index (χ0n) is 11.9. The van der Waals surface area contributed by atoms with Crippen LogP contribution in [-0.2, 0) is 0 Å². The second-order valence-corrected chi connectivity index (χ2v) is 4.22. The lowest BCUT2D eigenvalue weighted by Crippen LogP contribution is -2.42. The van der Waals surface area contributed by atoms with Crippen LogP contribution in [-0.4, -0.2) is 63.1 Å². The van der Waals surface area contributed by atoms with E-state index in [0.29, 0.717) is 0 Å². The Labute approximate surface area is 106 Å². The molecule has 0 saturated carbocycles. The topological polar surface area (TPSA) is 30.9 Å². The van der Waals surface area contributed by atoms with Crippen LogP contribution < -0.4 is 5.32 Å². The number of hydrogen-bond acceptors (Lipinski definition) is 2. The molecule has 0 aliphatic carbocycles. The minimum atomic E-state index is 0.933. The highest BCUT2D eigenvalue weighted by atomic mass is 15.3. The average Bonchev–Trinajstić information content (AvgIpc) is 2.34. The fourth-order valence-corrected chi connectivity index (χ4v) is 1.48. The van der Waals surface area contributed by atoms with E-state index in [0.717, 1.165) is 45.0 Å². The monoisotopic (exact) mass is 240 g/mol. The summed E-state index contributed by atoms with van der Waals surface area (Å²) in [5, 5.41) is 3.37. The van der Waals surface area contributed by atoms with E-state index in [9.17, 15) is 0 Å². The standard InChI is InChI=1S/C13H28N4/c1-6-8-9-11-17(5)13(14-3)15-10-12-16(4)7-2/h6H,1,7-12H2,2-5H3,(H,14,15). The molecule has 0 aromatic heterocycles. The van der Waals surface area contributed by atoms with Crippen molar-refractivity contribution in [2.45, 2.75) is 19.8 Å². The van der Waals surface area contributed by atoms with Crippen LogP contribution in [0.25, 0.3) is 0 Å². The summed E-state index contributed by atoms with van der Waals surface area (Å²) in [6.45, 7) is 9.95. The van der Waals surface area contributed by atoms with Crippen molar-refractivity contribution in [2.24, 2.45) is 4.99 Å². The smallest absolute Gasteiger partial charge is 0.193 e. The number of nitrogens with zero attached hydrogens (tertiary/aromatic N) is 3. The van der Waals surface area contributed by atoms with E-state index in [4.69, 9.17) is 0 Å². The van der Waals surface area contributed by atoms with Crippen molar-refractivity contribution in [3.05, 3.63) is 12.7 Å². The number of nitrogens with one attached hydrogen (secondary N) is 1. The van der Waals surface area contributed by atoms with E-state index < -0.39 is 0 Å². The third-order valence-electron chi connectivity index (χ3n) is 2.79. The average molecular weight is 240 g/mol. The molecule has 0 spiro atoms. The van der Waals surface area contributed by atoms with Crippen LogP contribution >= 0.6 is 0 Å². The molecule has 100 valence electrons. The molecule has 0 aliphatic rings. The number of guanidine groups is 1. The number of rotatable bonds is 8. The second kappa shape index (κ2) is 10.1. The molecule has 4 nitrogen and oxygen atoms in total. The number of hydrogen-bond donors (Lipinski definition) is 1. The fourth-order valence-electron chi connectivity index (χ4n) is 1.48. The molecule has 0 radical (unpaired) electrons. The molecule has 0 fully saturated rings. The zero-order chi connectivity index (χ0) is 13.1. The molecule has 0 unspecified atom stereocenters. The maximum absolute atomic E-state index is 4.28. The van der Waals surface area contributed by atoms with Crippen LogP contribution in [0.4, 0.5) is 0 Å². The SMILES string of the molecule is C=CCCCN(C)C(=NC)NCCN(C)CC. The van der Waals surface area contributed by atoms with Crippen molar-refractivity contribution in [1.29, 1.82) is 0 Å². The van der Waals surface area contributed by atoms with Gasteiger partial charge < -0.3 is 15.1 Å². The molecule has 4 heteroatoms. The van der Waals surface area contributed by atoms with Gasteiger partial charge in [0.2, 0.25) is 0 Å². The van der Waals surface area contributed by atoms with E-state index in [1.807, 2.05) is 13.1 Å². The van der Waals surface area contributed by atoms with E-state index in [-0.39, 0.29) is 0 Å². The maximum atomic E-state index is 4.28. The molecule has 0 atom stereocenters. The van der Waals surface area contributed by atoms with Crippen molar-refractivity contribution >= 4 is 5.96 Å². The van der Waals surface area contributed by atoms with Crippen LogP contribution in [0.2, 0.25) is 0 Å². The van der Waals surface area contributed by atoms with Gasteiger partial charge in [0, 0.05) is 33.7 Å². The van der Waals surface area contributed by atoms with Gasteiger partial charge in [0.05, 0.1) is 0 Å². The first-order chi connectivity index (χ1) is 8.15. The van der Waals surface area contributed by atoms with Crippen molar-refractivity contribution in [2.75, 3.05) is 47.3 Å². The largest absolute Gasteiger partial charge is 0.355 e. The summed E-state index contributed by atoms with van der Waals surface area (Å²) in [5.41, 5.74) is 0. The Morgan fingerprint density at radius 3 is 2.59 bits per heavy atom. The van der Waals surface area contributed by atoms with E-state index in [1.54, 1.807) is 0 Å². The molecular weight excluding hydrogens is 212 g/mol. The highest BCUT2D eigenvalue weighted by Crippen LogP contribution is 1.94. The Morgan fingerprint density at radius 2 is 2.06 bits per heavy atom. The van der Waals surface area contributed by atoms with Gasteiger partial charge in [0.1, 0.15) is 0 Å². The third kappa shape index (κ3) is 7.80. The molecule has 0 saturated heterocycles. The molecule has 0 aromatic rings. The first-order valence-electron chi connectivity index (χ1n) is 6.36. The lowest BCUT2D eigenvalue weighted by Gasteiger charge is -2.23. The highest BCUT2D eigenvalue weighted by Gasteiger charge is 2.04. The lowest BCUT2D eigenvalue weighted by atomic mass is 10.3. The summed E-state index contributed by atoms with van der Waals surface area (Å²) in [4.78, 5) is 8.71. The van der Waals surface area contributed by atoms with Crippen LogP contribution in [0.1, 0.15) is 19.8 Å². The maximum Gasteiger partial charge on any atom is 0.193 e. The molecule has 0 aromatic carbocycles. The number of likely N-dealkylation sites (N-methyl/N-ethyl adjacent to an activating group) is 1. The third-order valence-corrected chi connectivity index (χ3v) is 2.79. The molecule has 0 bridgehead atoms. The molecule has 0 amide bonds. The summed E-state index contributed by atoms with van der Waals surface area (Å²) >= 11 is 0. The van der Waals surface area contributed by atoms with Gasteiger partial charge in [-0.25, -0.2) is 0 Å². The molecular formula is C13H28N4. The Hall–Kier alpha value is -1.03. The quantitative estimate of drug-likeness (QED) is 0.301. The number of allylic oxidation sites excluding steroid dienone is 1. The van der Waals surface area contributed by atoms with Gasteiger partial charge in [-0.15, -0.1) is 6.58 Å². The highest BCUT2D eigenvalue weighted by molar-refractivity contribution is 5.79. The minimum Gasteiger partial charge on any atom is -0.355 e. The Balaban J connectivity index is 3.86. The Morgan fingerprint density at radius 1 is 1.35 bits per heavy atom. The molecule has 17 heavy (non-hydrogen) atoms. The van der Waals surface area contributed by atoms with E-state index >= 15 is 0 Å². The summed E-state index contributed by atoms with van der Waals surface area (Å²) in [6, 6.07) is 0. The van der Waals surface area contributed by atoms with Crippen molar-refractivity contribution in [3.8, 4) is 0 Å². The molecule has 0 rings (SSSR count). The molecule has 0 aliphatic heterocycles. The Bertz CT molecular complexity index is 225.